The lowest BCUT2D eigenvalue weighted by Gasteiger charge is -2.54. The molecule has 2 saturated heterocycles. The Morgan fingerprint density at radius 2 is 1.50 bits per heavy atom. The molecular weight excluding hydrogens is 332 g/mol. The molecule has 11 heteroatoms. The summed E-state index contributed by atoms with van der Waals surface area (Å²) < 4.78 is 15.2. The maximum atomic E-state index is 10.9. The standard InChI is InChI=1S/C13H24O11/c1-22-12-9(19)10(20)13(21,5(3-15)24-12)11-8(18)7(17)6(16)4(2-14)23-11/h4-12,14-21H,2-3H2,1H3/t4-,5-,6+,7+,8-,9-,10-,11-,12+,13+/m1/s1. The van der Waals surface area contributed by atoms with Crippen molar-refractivity contribution in [1.82, 2.24) is 0 Å². The van der Waals surface area contributed by atoms with Gasteiger partial charge in [0.15, 0.2) is 11.9 Å². The van der Waals surface area contributed by atoms with Crippen LogP contribution >= 0.6 is 0 Å². The van der Waals surface area contributed by atoms with Crippen molar-refractivity contribution >= 4 is 0 Å². The molecule has 0 unspecified atom stereocenters. The van der Waals surface area contributed by atoms with Crippen LogP contribution in [0.3, 0.4) is 0 Å². The van der Waals surface area contributed by atoms with E-state index in [0.717, 1.165) is 0 Å². The molecule has 2 heterocycles. The first-order valence-corrected chi connectivity index (χ1v) is 7.42. The number of ether oxygens (including phenoxy) is 3. The number of hydrogen-bond acceptors (Lipinski definition) is 11. The van der Waals surface area contributed by atoms with E-state index in [1.807, 2.05) is 0 Å². The van der Waals surface area contributed by atoms with Crippen LogP contribution in [0.25, 0.3) is 0 Å². The molecule has 0 bridgehead atoms. The van der Waals surface area contributed by atoms with Crippen molar-refractivity contribution in [3.63, 3.8) is 0 Å². The van der Waals surface area contributed by atoms with Gasteiger partial charge in [-0.1, -0.05) is 0 Å². The van der Waals surface area contributed by atoms with Gasteiger partial charge in [-0.2, -0.15) is 0 Å². The van der Waals surface area contributed by atoms with Crippen molar-refractivity contribution in [2.24, 2.45) is 0 Å². The second kappa shape index (κ2) is 7.43. The molecule has 2 aliphatic heterocycles. The number of rotatable bonds is 4. The first-order chi connectivity index (χ1) is 11.2. The lowest BCUT2D eigenvalue weighted by atomic mass is 9.75. The number of aliphatic hydroxyl groups is 8. The van der Waals surface area contributed by atoms with E-state index in [9.17, 15) is 40.9 Å². The maximum absolute atomic E-state index is 10.9. The fourth-order valence-corrected chi connectivity index (χ4v) is 3.18. The van der Waals surface area contributed by atoms with E-state index in [4.69, 9.17) is 14.2 Å². The van der Waals surface area contributed by atoms with Gasteiger partial charge in [-0.15, -0.1) is 0 Å². The quantitative estimate of drug-likeness (QED) is 0.240. The zero-order valence-electron chi connectivity index (χ0n) is 12.9. The molecule has 2 rings (SSSR count). The molecule has 2 aliphatic rings. The lowest BCUT2D eigenvalue weighted by molar-refractivity contribution is -0.370. The van der Waals surface area contributed by atoms with E-state index in [2.05, 4.69) is 0 Å². The Morgan fingerprint density at radius 3 is 2.00 bits per heavy atom. The topological polar surface area (TPSA) is 190 Å². The normalized spacial score (nSPS) is 53.1. The molecule has 10 atom stereocenters. The van der Waals surface area contributed by atoms with Gasteiger partial charge in [0, 0.05) is 7.11 Å². The average molecular weight is 356 g/mol. The van der Waals surface area contributed by atoms with Gasteiger partial charge in [0.25, 0.3) is 0 Å². The Kier molecular flexibility index (Phi) is 6.16. The van der Waals surface area contributed by atoms with Crippen molar-refractivity contribution in [2.75, 3.05) is 20.3 Å². The highest BCUT2D eigenvalue weighted by Gasteiger charge is 2.64. The lowest BCUT2D eigenvalue weighted by Crippen LogP contribution is -2.77. The molecule has 142 valence electrons. The summed E-state index contributed by atoms with van der Waals surface area (Å²) in [5.41, 5.74) is -2.56. The van der Waals surface area contributed by atoms with Crippen LogP contribution in [0, 0.1) is 0 Å². The van der Waals surface area contributed by atoms with Gasteiger partial charge in [0.2, 0.25) is 0 Å². The number of aliphatic hydroxyl groups excluding tert-OH is 7. The number of hydrogen-bond donors (Lipinski definition) is 8. The fraction of sp³-hybridized carbons (Fsp3) is 1.00. The van der Waals surface area contributed by atoms with E-state index in [1.165, 1.54) is 7.11 Å². The summed E-state index contributed by atoms with van der Waals surface area (Å²) in [7, 11) is 1.17. The molecule has 11 nitrogen and oxygen atoms in total. The zero-order valence-corrected chi connectivity index (χ0v) is 12.9. The van der Waals surface area contributed by atoms with Crippen LogP contribution in [0.15, 0.2) is 0 Å². The smallest absolute Gasteiger partial charge is 0.186 e. The summed E-state index contributed by atoms with van der Waals surface area (Å²) in [6.07, 6.45) is -15.2. The molecule has 0 aliphatic carbocycles. The number of methoxy groups -OCH3 is 1. The summed E-state index contributed by atoms with van der Waals surface area (Å²) in [6, 6.07) is 0. The van der Waals surface area contributed by atoms with E-state index in [-0.39, 0.29) is 0 Å². The van der Waals surface area contributed by atoms with Crippen LogP contribution in [0.4, 0.5) is 0 Å². The largest absolute Gasteiger partial charge is 0.394 e. The Bertz CT molecular complexity index is 417. The molecule has 0 aromatic carbocycles. The van der Waals surface area contributed by atoms with Gasteiger partial charge < -0.3 is 55.1 Å². The third kappa shape index (κ3) is 2.95. The summed E-state index contributed by atoms with van der Waals surface area (Å²) in [5.74, 6) is 0. The fourth-order valence-electron chi connectivity index (χ4n) is 3.18. The first-order valence-electron chi connectivity index (χ1n) is 7.42. The van der Waals surface area contributed by atoms with Crippen LogP contribution in [-0.4, -0.2) is 122 Å². The van der Waals surface area contributed by atoms with Crippen LogP contribution in [0.1, 0.15) is 0 Å². The van der Waals surface area contributed by atoms with Crippen molar-refractivity contribution in [1.29, 1.82) is 0 Å². The Balaban J connectivity index is 2.38. The van der Waals surface area contributed by atoms with Gasteiger partial charge in [0.1, 0.15) is 48.8 Å². The third-order valence-electron chi connectivity index (χ3n) is 4.64. The molecule has 24 heavy (non-hydrogen) atoms. The predicted molar refractivity (Wildman–Crippen MR) is 73.5 cm³/mol. The Hall–Kier alpha value is -0.440. The first kappa shape index (κ1) is 19.9. The molecule has 0 aromatic rings. The van der Waals surface area contributed by atoms with E-state index in [1.54, 1.807) is 0 Å². The SMILES string of the molecule is CO[C@H]1O[C@H](CO)[C@@](O)([C@@H]2O[C@H](CO)[C@H](O)[C@H](O)[C@H]2O)[C@H](O)[C@H]1O. The molecule has 0 spiro atoms. The minimum absolute atomic E-state index is 0.748. The molecule has 0 amide bonds. The van der Waals surface area contributed by atoms with Gasteiger partial charge >= 0.3 is 0 Å². The summed E-state index contributed by atoms with van der Waals surface area (Å²) in [4.78, 5) is 0. The van der Waals surface area contributed by atoms with Gasteiger partial charge in [0.05, 0.1) is 13.2 Å². The Labute approximate surface area is 137 Å². The molecular formula is C13H24O11. The molecule has 2 fully saturated rings. The van der Waals surface area contributed by atoms with Crippen LogP contribution in [0.2, 0.25) is 0 Å². The van der Waals surface area contributed by atoms with E-state index < -0.39 is 73.9 Å². The molecule has 8 N–H and O–H groups in total. The van der Waals surface area contributed by atoms with Crippen molar-refractivity contribution in [2.45, 2.75) is 60.7 Å². The second-order valence-corrected chi connectivity index (χ2v) is 5.98. The monoisotopic (exact) mass is 356 g/mol. The molecule has 0 saturated carbocycles. The van der Waals surface area contributed by atoms with Crippen LogP contribution < -0.4 is 0 Å². The van der Waals surface area contributed by atoms with Gasteiger partial charge in [-0.05, 0) is 0 Å². The van der Waals surface area contributed by atoms with Gasteiger partial charge in [-0.25, -0.2) is 0 Å². The molecule has 0 aromatic heterocycles. The second-order valence-electron chi connectivity index (χ2n) is 5.98. The van der Waals surface area contributed by atoms with E-state index in [0.29, 0.717) is 0 Å². The maximum Gasteiger partial charge on any atom is 0.186 e. The van der Waals surface area contributed by atoms with Crippen molar-refractivity contribution in [3.8, 4) is 0 Å². The minimum atomic E-state index is -2.56. The highest BCUT2D eigenvalue weighted by molar-refractivity contribution is 5.11. The highest BCUT2D eigenvalue weighted by atomic mass is 16.7. The zero-order chi connectivity index (χ0) is 18.2. The van der Waals surface area contributed by atoms with Crippen LogP contribution in [0.5, 0.6) is 0 Å². The van der Waals surface area contributed by atoms with Crippen molar-refractivity contribution in [3.05, 3.63) is 0 Å². The van der Waals surface area contributed by atoms with Crippen LogP contribution in [-0.2, 0) is 14.2 Å². The highest BCUT2D eigenvalue weighted by Crippen LogP contribution is 2.39. The minimum Gasteiger partial charge on any atom is -0.394 e. The predicted octanol–water partition coefficient (Wildman–Crippen LogP) is -5.35. The average Bonchev–Trinajstić information content (AvgIpc) is 2.58. The summed E-state index contributed by atoms with van der Waals surface area (Å²) in [6.45, 7) is -1.59. The molecule has 0 radical (unpaired) electrons. The summed E-state index contributed by atoms with van der Waals surface area (Å²) in [5, 5.41) is 79.7. The van der Waals surface area contributed by atoms with E-state index >= 15 is 0 Å². The third-order valence-corrected chi connectivity index (χ3v) is 4.64. The van der Waals surface area contributed by atoms with Gasteiger partial charge in [-0.3, -0.25) is 0 Å². The summed E-state index contributed by atoms with van der Waals surface area (Å²) >= 11 is 0. The Morgan fingerprint density at radius 1 is 0.875 bits per heavy atom. The van der Waals surface area contributed by atoms with Crippen molar-refractivity contribution < 1.29 is 55.1 Å².